The van der Waals surface area contributed by atoms with E-state index < -0.39 is 0 Å². The van der Waals surface area contributed by atoms with Crippen LogP contribution < -0.4 is 10.1 Å². The Kier molecular flexibility index (Phi) is 4.23. The van der Waals surface area contributed by atoms with Gasteiger partial charge in [-0.25, -0.2) is 4.68 Å². The number of para-hydroxylation sites is 1. The van der Waals surface area contributed by atoms with Crippen LogP contribution in [0.4, 0.5) is 5.69 Å². The van der Waals surface area contributed by atoms with Gasteiger partial charge in [0, 0.05) is 10.7 Å². The van der Waals surface area contributed by atoms with Gasteiger partial charge in [0.25, 0.3) is 0 Å². The third-order valence-corrected chi connectivity index (χ3v) is 4.01. The molecule has 3 aromatic carbocycles. The highest BCUT2D eigenvalue weighted by Gasteiger charge is 2.03. The molecule has 25 heavy (non-hydrogen) atoms. The molecule has 0 amide bonds. The maximum absolute atomic E-state index is 5.87. The van der Waals surface area contributed by atoms with Gasteiger partial charge in [-0.15, -0.1) is 5.10 Å². The molecule has 0 spiro atoms. The van der Waals surface area contributed by atoms with Crippen molar-refractivity contribution >= 4 is 28.3 Å². The first-order valence-electron chi connectivity index (χ1n) is 7.83. The van der Waals surface area contributed by atoms with Gasteiger partial charge in [-0.2, -0.15) is 0 Å². The Morgan fingerprint density at radius 1 is 0.880 bits per heavy atom. The fourth-order valence-electron chi connectivity index (χ4n) is 2.48. The Labute approximate surface area is 149 Å². The SMILES string of the molecule is Clc1ccc(Oc2ccc(NCn3nnc4ccccc43)cc2)cc1. The number of hydrogen-bond acceptors (Lipinski definition) is 4. The third-order valence-electron chi connectivity index (χ3n) is 3.76. The van der Waals surface area contributed by atoms with Crippen LogP contribution in [0.25, 0.3) is 11.0 Å². The Bertz CT molecular complexity index is 980. The molecular formula is C19H15ClN4O. The van der Waals surface area contributed by atoms with E-state index in [4.69, 9.17) is 16.3 Å². The summed E-state index contributed by atoms with van der Waals surface area (Å²) in [5.74, 6) is 1.51. The van der Waals surface area contributed by atoms with Crippen molar-refractivity contribution in [1.29, 1.82) is 0 Å². The highest BCUT2D eigenvalue weighted by molar-refractivity contribution is 6.30. The van der Waals surface area contributed by atoms with Gasteiger partial charge in [0.05, 0.1) is 5.52 Å². The van der Waals surface area contributed by atoms with Gasteiger partial charge in [0.1, 0.15) is 23.7 Å². The summed E-state index contributed by atoms with van der Waals surface area (Å²) < 4.78 is 7.61. The second-order valence-corrected chi connectivity index (χ2v) is 5.93. The number of rotatable bonds is 5. The Balaban J connectivity index is 1.41. The normalized spacial score (nSPS) is 10.8. The van der Waals surface area contributed by atoms with Crippen LogP contribution in [0.1, 0.15) is 0 Å². The zero-order valence-corrected chi connectivity index (χ0v) is 14.0. The number of fused-ring (bicyclic) bond motifs is 1. The first-order chi connectivity index (χ1) is 12.3. The maximum Gasteiger partial charge on any atom is 0.127 e. The van der Waals surface area contributed by atoms with Crippen molar-refractivity contribution in [2.45, 2.75) is 6.67 Å². The Morgan fingerprint density at radius 3 is 2.32 bits per heavy atom. The summed E-state index contributed by atoms with van der Waals surface area (Å²) in [6.45, 7) is 0.540. The third kappa shape index (κ3) is 3.56. The lowest BCUT2D eigenvalue weighted by molar-refractivity contribution is 0.483. The highest BCUT2D eigenvalue weighted by Crippen LogP contribution is 2.24. The zero-order chi connectivity index (χ0) is 17.1. The lowest BCUT2D eigenvalue weighted by atomic mass is 10.3. The molecule has 1 heterocycles. The van der Waals surface area contributed by atoms with Crippen LogP contribution in [0.5, 0.6) is 11.5 Å². The molecule has 5 nitrogen and oxygen atoms in total. The van der Waals surface area contributed by atoms with E-state index in [1.54, 1.807) is 12.1 Å². The zero-order valence-electron chi connectivity index (χ0n) is 13.3. The molecule has 0 saturated heterocycles. The minimum absolute atomic E-state index is 0.540. The summed E-state index contributed by atoms with van der Waals surface area (Å²) in [5, 5.41) is 12.3. The van der Waals surface area contributed by atoms with E-state index in [-0.39, 0.29) is 0 Å². The molecule has 0 unspecified atom stereocenters. The number of aromatic nitrogens is 3. The van der Waals surface area contributed by atoms with Crippen LogP contribution in [-0.2, 0) is 6.67 Å². The minimum atomic E-state index is 0.540. The van der Waals surface area contributed by atoms with E-state index in [2.05, 4.69) is 15.6 Å². The van der Waals surface area contributed by atoms with Crippen molar-refractivity contribution in [1.82, 2.24) is 15.0 Å². The highest BCUT2D eigenvalue weighted by atomic mass is 35.5. The summed E-state index contributed by atoms with van der Waals surface area (Å²) in [5.41, 5.74) is 2.86. The van der Waals surface area contributed by atoms with E-state index >= 15 is 0 Å². The van der Waals surface area contributed by atoms with E-state index in [0.717, 1.165) is 28.2 Å². The average Bonchev–Trinajstić information content (AvgIpc) is 3.06. The molecule has 0 fully saturated rings. The number of ether oxygens (including phenoxy) is 1. The van der Waals surface area contributed by atoms with Crippen LogP contribution in [-0.4, -0.2) is 15.0 Å². The molecular weight excluding hydrogens is 336 g/mol. The predicted molar refractivity (Wildman–Crippen MR) is 99.1 cm³/mol. The van der Waals surface area contributed by atoms with Crippen LogP contribution in [0.2, 0.25) is 5.02 Å². The number of hydrogen-bond donors (Lipinski definition) is 1. The largest absolute Gasteiger partial charge is 0.457 e. The lowest BCUT2D eigenvalue weighted by Crippen LogP contribution is -2.09. The smallest absolute Gasteiger partial charge is 0.127 e. The van der Waals surface area contributed by atoms with E-state index in [0.29, 0.717) is 11.7 Å². The molecule has 6 heteroatoms. The molecule has 0 radical (unpaired) electrons. The number of halogens is 1. The van der Waals surface area contributed by atoms with Gasteiger partial charge in [0.2, 0.25) is 0 Å². The summed E-state index contributed by atoms with van der Waals surface area (Å²) in [7, 11) is 0. The molecule has 4 rings (SSSR count). The maximum atomic E-state index is 5.87. The number of anilines is 1. The molecule has 4 aromatic rings. The molecule has 0 atom stereocenters. The summed E-state index contributed by atoms with van der Waals surface area (Å²) in [4.78, 5) is 0. The molecule has 0 aliphatic rings. The summed E-state index contributed by atoms with van der Waals surface area (Å²) in [6.07, 6.45) is 0. The standard InChI is InChI=1S/C19H15ClN4O/c20-14-5-9-16(10-6-14)25-17-11-7-15(8-12-17)21-13-24-19-4-2-1-3-18(19)22-23-24/h1-12,21H,13H2. The minimum Gasteiger partial charge on any atom is -0.457 e. The van der Waals surface area contributed by atoms with Crippen molar-refractivity contribution < 1.29 is 4.74 Å². The average molecular weight is 351 g/mol. The molecule has 0 aliphatic carbocycles. The fraction of sp³-hybridized carbons (Fsp3) is 0.0526. The monoisotopic (exact) mass is 350 g/mol. The van der Waals surface area contributed by atoms with Crippen LogP contribution in [0, 0.1) is 0 Å². The van der Waals surface area contributed by atoms with E-state index in [9.17, 15) is 0 Å². The van der Waals surface area contributed by atoms with Crippen molar-refractivity contribution in [3.05, 3.63) is 77.8 Å². The second kappa shape index (κ2) is 6.83. The van der Waals surface area contributed by atoms with Gasteiger partial charge in [-0.3, -0.25) is 0 Å². The van der Waals surface area contributed by atoms with Gasteiger partial charge in [-0.1, -0.05) is 28.9 Å². The Hall–Kier alpha value is -3.05. The van der Waals surface area contributed by atoms with Crippen molar-refractivity contribution in [3.8, 4) is 11.5 Å². The number of benzene rings is 3. The fourth-order valence-corrected chi connectivity index (χ4v) is 2.61. The van der Waals surface area contributed by atoms with Crippen LogP contribution >= 0.6 is 11.6 Å². The summed E-state index contributed by atoms with van der Waals surface area (Å²) in [6, 6.07) is 22.9. The van der Waals surface area contributed by atoms with Crippen LogP contribution in [0.3, 0.4) is 0 Å². The van der Waals surface area contributed by atoms with E-state index in [1.807, 2.05) is 65.3 Å². The molecule has 1 aromatic heterocycles. The first-order valence-corrected chi connectivity index (χ1v) is 8.21. The molecule has 0 saturated carbocycles. The topological polar surface area (TPSA) is 52.0 Å². The molecule has 1 N–H and O–H groups in total. The molecule has 0 aliphatic heterocycles. The number of nitrogens with zero attached hydrogens (tertiary/aromatic N) is 3. The summed E-state index contributed by atoms with van der Waals surface area (Å²) >= 11 is 5.87. The molecule has 0 bridgehead atoms. The van der Waals surface area contributed by atoms with Crippen molar-refractivity contribution in [3.63, 3.8) is 0 Å². The predicted octanol–water partition coefficient (Wildman–Crippen LogP) is 4.95. The van der Waals surface area contributed by atoms with Gasteiger partial charge < -0.3 is 10.1 Å². The van der Waals surface area contributed by atoms with E-state index in [1.165, 1.54) is 0 Å². The molecule has 124 valence electrons. The quantitative estimate of drug-likeness (QED) is 0.553. The van der Waals surface area contributed by atoms with Gasteiger partial charge >= 0.3 is 0 Å². The number of nitrogens with one attached hydrogen (secondary N) is 1. The van der Waals surface area contributed by atoms with Crippen LogP contribution in [0.15, 0.2) is 72.8 Å². The Morgan fingerprint density at radius 2 is 1.56 bits per heavy atom. The van der Waals surface area contributed by atoms with Crippen molar-refractivity contribution in [2.24, 2.45) is 0 Å². The van der Waals surface area contributed by atoms with Crippen molar-refractivity contribution in [2.75, 3.05) is 5.32 Å². The van der Waals surface area contributed by atoms with Gasteiger partial charge in [0.15, 0.2) is 0 Å². The lowest BCUT2D eigenvalue weighted by Gasteiger charge is -2.09. The second-order valence-electron chi connectivity index (χ2n) is 5.49. The first kappa shape index (κ1) is 15.5. The van der Waals surface area contributed by atoms with Gasteiger partial charge in [-0.05, 0) is 60.7 Å².